The van der Waals surface area contributed by atoms with Gasteiger partial charge in [0.15, 0.2) is 0 Å². The first kappa shape index (κ1) is 19.7. The minimum absolute atomic E-state index is 0. The number of rotatable bonds is 4. The zero-order valence-electron chi connectivity index (χ0n) is 14.3. The number of carbonyl (C=O) groups excluding carboxylic acids is 2. The van der Waals surface area contributed by atoms with Crippen molar-refractivity contribution in [1.82, 2.24) is 4.90 Å². The summed E-state index contributed by atoms with van der Waals surface area (Å²) in [6.45, 7) is 2.53. The lowest BCUT2D eigenvalue weighted by Gasteiger charge is -2.27. The Hall–Kier alpha value is -1.63. The summed E-state index contributed by atoms with van der Waals surface area (Å²) in [4.78, 5) is 26.4. The third-order valence-corrected chi connectivity index (χ3v) is 4.88. The van der Waals surface area contributed by atoms with Crippen LogP contribution in [0.2, 0.25) is 0 Å². The fourth-order valence-electron chi connectivity index (χ4n) is 3.29. The maximum absolute atomic E-state index is 12.3. The molecule has 1 saturated carbocycles. The fraction of sp³-hybridized carbons (Fsp3) is 0.556. The number of halogens is 1. The topological polar surface area (TPSA) is 84.7 Å². The molecule has 1 aromatic carbocycles. The van der Waals surface area contributed by atoms with Crippen LogP contribution in [0.15, 0.2) is 24.3 Å². The second-order valence-corrected chi connectivity index (χ2v) is 6.68. The van der Waals surface area contributed by atoms with E-state index in [1.807, 2.05) is 29.2 Å². The fourth-order valence-corrected chi connectivity index (χ4v) is 3.29. The minimum Gasteiger partial charge on any atom is -0.378 e. The van der Waals surface area contributed by atoms with Crippen LogP contribution in [0.25, 0.3) is 0 Å². The zero-order chi connectivity index (χ0) is 17.0. The van der Waals surface area contributed by atoms with Crippen molar-refractivity contribution in [1.29, 1.82) is 0 Å². The number of ether oxygens (including phenoxy) is 1. The second kappa shape index (κ2) is 8.65. The molecule has 0 aromatic heterocycles. The molecule has 0 unspecified atom stereocenters. The maximum Gasteiger partial charge on any atom is 0.244 e. The molecule has 3 N–H and O–H groups in total. The van der Waals surface area contributed by atoms with Crippen molar-refractivity contribution < 1.29 is 14.3 Å². The third-order valence-electron chi connectivity index (χ3n) is 4.88. The first-order valence-corrected chi connectivity index (χ1v) is 8.62. The summed E-state index contributed by atoms with van der Waals surface area (Å²) in [6.07, 6.45) is 3.87. The molecule has 0 spiro atoms. The van der Waals surface area contributed by atoms with Crippen LogP contribution in [0.5, 0.6) is 0 Å². The van der Waals surface area contributed by atoms with Crippen LogP contribution in [0.3, 0.4) is 0 Å². The minimum atomic E-state index is -0.731. The predicted octanol–water partition coefficient (Wildman–Crippen LogP) is 1.72. The number of nitrogens with zero attached hydrogens (tertiary/aromatic N) is 1. The molecule has 1 heterocycles. The molecule has 0 radical (unpaired) electrons. The highest BCUT2D eigenvalue weighted by Gasteiger charge is 2.36. The van der Waals surface area contributed by atoms with E-state index in [1.54, 1.807) is 0 Å². The highest BCUT2D eigenvalue weighted by Crippen LogP contribution is 2.28. The summed E-state index contributed by atoms with van der Waals surface area (Å²) in [7, 11) is 0. The molecule has 0 atom stereocenters. The number of nitrogens with one attached hydrogen (secondary N) is 1. The predicted molar refractivity (Wildman–Crippen MR) is 98.8 cm³/mol. The lowest BCUT2D eigenvalue weighted by Crippen LogP contribution is -2.48. The van der Waals surface area contributed by atoms with Gasteiger partial charge < -0.3 is 20.7 Å². The monoisotopic (exact) mass is 367 g/mol. The first-order chi connectivity index (χ1) is 11.6. The van der Waals surface area contributed by atoms with Crippen LogP contribution in [-0.2, 0) is 20.7 Å². The summed E-state index contributed by atoms with van der Waals surface area (Å²) in [5.41, 5.74) is 7.08. The van der Waals surface area contributed by atoms with Gasteiger partial charge in [-0.1, -0.05) is 25.0 Å². The average Bonchev–Trinajstić information content (AvgIpc) is 3.05. The zero-order valence-corrected chi connectivity index (χ0v) is 15.1. The number of morpholine rings is 1. The van der Waals surface area contributed by atoms with Crippen LogP contribution in [0, 0.1) is 0 Å². The molecule has 1 aliphatic carbocycles. The number of carbonyl (C=O) groups is 2. The van der Waals surface area contributed by atoms with Crippen molar-refractivity contribution in [3.8, 4) is 0 Å². The molecule has 6 nitrogen and oxygen atoms in total. The average molecular weight is 368 g/mol. The molecular formula is C18H26ClN3O3. The van der Waals surface area contributed by atoms with E-state index in [-0.39, 0.29) is 24.2 Å². The SMILES string of the molecule is Cl.NC1(C(=O)Nc2ccc(CC(=O)N3CCOCC3)cc2)CCCC1. The highest BCUT2D eigenvalue weighted by molar-refractivity contribution is 5.98. The Bertz CT molecular complexity index is 594. The Morgan fingerprint density at radius 3 is 2.32 bits per heavy atom. The molecule has 2 fully saturated rings. The van der Waals surface area contributed by atoms with Gasteiger partial charge in [-0.15, -0.1) is 12.4 Å². The molecule has 3 rings (SSSR count). The van der Waals surface area contributed by atoms with E-state index in [0.29, 0.717) is 32.7 Å². The number of hydrogen-bond donors (Lipinski definition) is 2. The largest absolute Gasteiger partial charge is 0.378 e. The normalized spacial score (nSPS) is 19.2. The van der Waals surface area contributed by atoms with Crippen molar-refractivity contribution in [3.05, 3.63) is 29.8 Å². The molecule has 1 saturated heterocycles. The van der Waals surface area contributed by atoms with E-state index in [4.69, 9.17) is 10.5 Å². The van der Waals surface area contributed by atoms with Crippen molar-refractivity contribution >= 4 is 29.9 Å². The number of nitrogens with two attached hydrogens (primary N) is 1. The van der Waals surface area contributed by atoms with Gasteiger partial charge in [0.1, 0.15) is 0 Å². The molecule has 25 heavy (non-hydrogen) atoms. The second-order valence-electron chi connectivity index (χ2n) is 6.68. The van der Waals surface area contributed by atoms with E-state index in [0.717, 1.165) is 36.9 Å². The van der Waals surface area contributed by atoms with Crippen LogP contribution in [0.4, 0.5) is 5.69 Å². The summed E-state index contributed by atoms with van der Waals surface area (Å²) >= 11 is 0. The Morgan fingerprint density at radius 2 is 1.72 bits per heavy atom. The van der Waals surface area contributed by atoms with Gasteiger partial charge in [-0.2, -0.15) is 0 Å². The highest BCUT2D eigenvalue weighted by atomic mass is 35.5. The maximum atomic E-state index is 12.3. The van der Waals surface area contributed by atoms with E-state index >= 15 is 0 Å². The van der Waals surface area contributed by atoms with Crippen LogP contribution in [0.1, 0.15) is 31.2 Å². The van der Waals surface area contributed by atoms with Gasteiger partial charge in [0.05, 0.1) is 25.2 Å². The van der Waals surface area contributed by atoms with Gasteiger partial charge in [0.25, 0.3) is 0 Å². The quantitative estimate of drug-likeness (QED) is 0.848. The standard InChI is InChI=1S/C18H25N3O3.ClH/c19-18(7-1-2-8-18)17(23)20-15-5-3-14(4-6-15)13-16(22)21-9-11-24-12-10-21;/h3-6H,1-2,7-13,19H2,(H,20,23);1H. The molecule has 1 aliphatic heterocycles. The van der Waals surface area contributed by atoms with E-state index < -0.39 is 5.54 Å². The van der Waals surface area contributed by atoms with Gasteiger partial charge in [0.2, 0.25) is 11.8 Å². The van der Waals surface area contributed by atoms with Gasteiger partial charge >= 0.3 is 0 Å². The van der Waals surface area contributed by atoms with Gasteiger partial charge in [-0.25, -0.2) is 0 Å². The lowest BCUT2D eigenvalue weighted by atomic mass is 9.98. The van der Waals surface area contributed by atoms with E-state index in [1.165, 1.54) is 0 Å². The molecule has 2 aliphatic rings. The van der Waals surface area contributed by atoms with Crippen molar-refractivity contribution in [2.75, 3.05) is 31.6 Å². The molecule has 138 valence electrons. The summed E-state index contributed by atoms with van der Waals surface area (Å²) < 4.78 is 5.26. The number of hydrogen-bond acceptors (Lipinski definition) is 4. The Morgan fingerprint density at radius 1 is 1.12 bits per heavy atom. The number of anilines is 1. The third kappa shape index (κ3) is 4.93. The van der Waals surface area contributed by atoms with Crippen LogP contribution < -0.4 is 11.1 Å². The van der Waals surface area contributed by atoms with Crippen molar-refractivity contribution in [3.63, 3.8) is 0 Å². The molecule has 2 amide bonds. The summed E-state index contributed by atoms with van der Waals surface area (Å²) in [5.74, 6) is -0.000838. The van der Waals surface area contributed by atoms with Crippen LogP contribution >= 0.6 is 12.4 Å². The number of benzene rings is 1. The first-order valence-electron chi connectivity index (χ1n) is 8.62. The van der Waals surface area contributed by atoms with Gasteiger partial charge in [-0.3, -0.25) is 9.59 Å². The Kier molecular flexibility index (Phi) is 6.81. The summed E-state index contributed by atoms with van der Waals surface area (Å²) in [5, 5.41) is 2.89. The molecule has 1 aromatic rings. The van der Waals surface area contributed by atoms with Crippen LogP contribution in [-0.4, -0.2) is 48.6 Å². The van der Waals surface area contributed by atoms with Gasteiger partial charge in [-0.05, 0) is 30.5 Å². The Labute approximate surface area is 154 Å². The van der Waals surface area contributed by atoms with Gasteiger partial charge in [0, 0.05) is 18.8 Å². The smallest absolute Gasteiger partial charge is 0.244 e. The van der Waals surface area contributed by atoms with E-state index in [9.17, 15) is 9.59 Å². The summed E-state index contributed by atoms with van der Waals surface area (Å²) in [6, 6.07) is 7.42. The van der Waals surface area contributed by atoms with Crippen molar-refractivity contribution in [2.45, 2.75) is 37.6 Å². The van der Waals surface area contributed by atoms with E-state index in [2.05, 4.69) is 5.32 Å². The lowest BCUT2D eigenvalue weighted by molar-refractivity contribution is -0.134. The molecule has 0 bridgehead atoms. The molecule has 7 heteroatoms. The Balaban J connectivity index is 0.00000225. The molecular weight excluding hydrogens is 342 g/mol. The number of amides is 2. The van der Waals surface area contributed by atoms with Crippen molar-refractivity contribution in [2.24, 2.45) is 5.73 Å².